The van der Waals surface area contributed by atoms with Crippen LogP contribution in [-0.2, 0) is 0 Å². The first kappa shape index (κ1) is 16.1. The molecule has 1 saturated carbocycles. The predicted molar refractivity (Wildman–Crippen MR) is 89.9 cm³/mol. The molecule has 0 saturated heterocycles. The second-order valence-electron chi connectivity index (χ2n) is 6.53. The fourth-order valence-electron chi connectivity index (χ4n) is 3.57. The molecule has 0 bridgehead atoms. The van der Waals surface area contributed by atoms with Crippen molar-refractivity contribution in [1.82, 2.24) is 9.97 Å². The molecule has 2 rings (SSSR count). The summed E-state index contributed by atoms with van der Waals surface area (Å²) >= 11 is 0. The van der Waals surface area contributed by atoms with E-state index in [1.54, 1.807) is 6.33 Å². The van der Waals surface area contributed by atoms with Gasteiger partial charge >= 0.3 is 0 Å². The van der Waals surface area contributed by atoms with Gasteiger partial charge in [-0.05, 0) is 37.5 Å². The van der Waals surface area contributed by atoms with Crippen molar-refractivity contribution < 1.29 is 0 Å². The Morgan fingerprint density at radius 3 is 2.48 bits per heavy atom. The fourth-order valence-corrected chi connectivity index (χ4v) is 3.57. The van der Waals surface area contributed by atoms with E-state index in [0.717, 1.165) is 24.1 Å². The molecule has 0 radical (unpaired) electrons. The molecule has 3 atom stereocenters. The van der Waals surface area contributed by atoms with Crippen molar-refractivity contribution in [3.05, 3.63) is 11.9 Å². The normalized spacial score (nSPS) is 25.3. The predicted octanol–water partition coefficient (Wildman–Crippen LogP) is 4.27. The monoisotopic (exact) mass is 290 g/mol. The topological polar surface area (TPSA) is 49.8 Å². The molecule has 0 amide bonds. The first-order chi connectivity index (χ1) is 10.1. The Morgan fingerprint density at radius 1 is 1.19 bits per heavy atom. The molecule has 0 aromatic carbocycles. The van der Waals surface area contributed by atoms with Crippen LogP contribution < -0.4 is 10.6 Å². The molecule has 0 aliphatic heterocycles. The van der Waals surface area contributed by atoms with Crippen LogP contribution in [0.15, 0.2) is 6.33 Å². The van der Waals surface area contributed by atoms with Crippen molar-refractivity contribution in [3.8, 4) is 0 Å². The summed E-state index contributed by atoms with van der Waals surface area (Å²) in [5, 5.41) is 7.08. The molecule has 2 N–H and O–H groups in total. The van der Waals surface area contributed by atoms with Gasteiger partial charge in [0.25, 0.3) is 0 Å². The number of hydrogen-bond acceptors (Lipinski definition) is 4. The maximum atomic E-state index is 4.53. The summed E-state index contributed by atoms with van der Waals surface area (Å²) < 4.78 is 0. The highest BCUT2D eigenvalue weighted by atomic mass is 15.1. The Bertz CT molecular complexity index is 458. The minimum absolute atomic E-state index is 0.404. The molecule has 4 nitrogen and oxygen atoms in total. The number of rotatable bonds is 6. The number of anilines is 2. The quantitative estimate of drug-likeness (QED) is 0.821. The zero-order chi connectivity index (χ0) is 15.4. The first-order valence-electron chi connectivity index (χ1n) is 8.43. The highest BCUT2D eigenvalue weighted by Gasteiger charge is 2.32. The smallest absolute Gasteiger partial charge is 0.135 e. The third-order valence-electron chi connectivity index (χ3n) is 4.88. The lowest BCUT2D eigenvalue weighted by atomic mass is 9.93. The second-order valence-corrected chi connectivity index (χ2v) is 6.53. The van der Waals surface area contributed by atoms with Crippen LogP contribution in [0, 0.1) is 11.8 Å². The molecule has 1 heterocycles. The van der Waals surface area contributed by atoms with Crippen LogP contribution in [0.5, 0.6) is 0 Å². The Kier molecular flexibility index (Phi) is 5.43. The molecule has 21 heavy (non-hydrogen) atoms. The molecular formula is C17H30N4. The molecule has 0 spiro atoms. The minimum Gasteiger partial charge on any atom is -0.370 e. The van der Waals surface area contributed by atoms with E-state index >= 15 is 0 Å². The maximum Gasteiger partial charge on any atom is 0.135 e. The lowest BCUT2D eigenvalue weighted by Gasteiger charge is -2.24. The number of aromatic nitrogens is 2. The van der Waals surface area contributed by atoms with E-state index in [0.29, 0.717) is 17.9 Å². The van der Waals surface area contributed by atoms with Crippen molar-refractivity contribution in [2.75, 3.05) is 17.2 Å². The number of hydrogen-bond donors (Lipinski definition) is 2. The summed E-state index contributed by atoms with van der Waals surface area (Å²) in [7, 11) is 0. The number of nitrogens with one attached hydrogen (secondary N) is 2. The molecule has 3 unspecified atom stereocenters. The van der Waals surface area contributed by atoms with Crippen molar-refractivity contribution >= 4 is 11.6 Å². The second kappa shape index (κ2) is 7.10. The molecule has 1 aliphatic carbocycles. The van der Waals surface area contributed by atoms with Crippen molar-refractivity contribution in [2.45, 2.75) is 65.8 Å². The summed E-state index contributed by atoms with van der Waals surface area (Å²) in [6, 6.07) is 0.539. The number of nitrogens with zero attached hydrogens (tertiary/aromatic N) is 2. The van der Waals surface area contributed by atoms with Crippen molar-refractivity contribution in [2.24, 2.45) is 11.8 Å². The van der Waals surface area contributed by atoms with Crippen LogP contribution >= 0.6 is 0 Å². The lowest BCUT2D eigenvalue weighted by Crippen LogP contribution is -2.26. The summed E-state index contributed by atoms with van der Waals surface area (Å²) in [5.74, 6) is 3.96. The van der Waals surface area contributed by atoms with E-state index in [4.69, 9.17) is 0 Å². The molecular weight excluding hydrogens is 260 g/mol. The van der Waals surface area contributed by atoms with Gasteiger partial charge in [0.15, 0.2) is 0 Å². The maximum absolute atomic E-state index is 4.53. The Morgan fingerprint density at radius 2 is 1.90 bits per heavy atom. The highest BCUT2D eigenvalue weighted by molar-refractivity contribution is 5.59. The van der Waals surface area contributed by atoms with Crippen LogP contribution in [0.3, 0.4) is 0 Å². The van der Waals surface area contributed by atoms with Gasteiger partial charge in [-0.2, -0.15) is 0 Å². The van der Waals surface area contributed by atoms with Crippen LogP contribution in [0.2, 0.25) is 0 Å². The molecule has 1 aromatic heterocycles. The highest BCUT2D eigenvalue weighted by Crippen LogP contribution is 2.37. The fraction of sp³-hybridized carbons (Fsp3) is 0.765. The van der Waals surface area contributed by atoms with Gasteiger partial charge in [-0.3, -0.25) is 0 Å². The largest absolute Gasteiger partial charge is 0.370 e. The van der Waals surface area contributed by atoms with E-state index in [-0.39, 0.29) is 0 Å². The molecule has 1 fully saturated rings. The van der Waals surface area contributed by atoms with E-state index in [1.807, 2.05) is 0 Å². The SMILES string of the molecule is CCNc1ncnc(NC2CCC(CC)C2C)c1C(C)C. The Balaban J connectivity index is 2.22. The Hall–Kier alpha value is -1.32. The first-order valence-corrected chi connectivity index (χ1v) is 8.43. The van der Waals surface area contributed by atoms with Gasteiger partial charge < -0.3 is 10.6 Å². The van der Waals surface area contributed by atoms with E-state index in [9.17, 15) is 0 Å². The zero-order valence-electron chi connectivity index (χ0n) is 14.1. The van der Waals surface area contributed by atoms with E-state index < -0.39 is 0 Å². The van der Waals surface area contributed by atoms with E-state index in [1.165, 1.54) is 24.8 Å². The van der Waals surface area contributed by atoms with Gasteiger partial charge in [-0.15, -0.1) is 0 Å². The minimum atomic E-state index is 0.404. The van der Waals surface area contributed by atoms with Crippen LogP contribution in [0.1, 0.15) is 65.4 Å². The van der Waals surface area contributed by atoms with Gasteiger partial charge in [-0.1, -0.05) is 34.1 Å². The average Bonchev–Trinajstić information content (AvgIpc) is 2.80. The zero-order valence-corrected chi connectivity index (χ0v) is 14.1. The summed E-state index contributed by atoms with van der Waals surface area (Å²) in [6.45, 7) is 12.1. The van der Waals surface area contributed by atoms with Gasteiger partial charge in [-0.25, -0.2) is 9.97 Å². The Labute approximate surface area is 129 Å². The van der Waals surface area contributed by atoms with Gasteiger partial charge in [0.1, 0.15) is 18.0 Å². The lowest BCUT2D eigenvalue weighted by molar-refractivity contribution is 0.391. The summed E-state index contributed by atoms with van der Waals surface area (Å²) in [4.78, 5) is 8.94. The molecule has 118 valence electrons. The molecule has 4 heteroatoms. The van der Waals surface area contributed by atoms with Crippen molar-refractivity contribution in [1.29, 1.82) is 0 Å². The third-order valence-corrected chi connectivity index (χ3v) is 4.88. The van der Waals surface area contributed by atoms with E-state index in [2.05, 4.69) is 55.2 Å². The summed E-state index contributed by atoms with van der Waals surface area (Å²) in [5.41, 5.74) is 1.21. The standard InChI is InChI=1S/C17H30N4/c1-6-13-8-9-14(12(13)5)21-17-15(11(3)4)16(18-7-2)19-10-20-17/h10-14H,6-9H2,1-5H3,(H2,18,19,20,21). The van der Waals surface area contributed by atoms with Crippen molar-refractivity contribution in [3.63, 3.8) is 0 Å². The van der Waals surface area contributed by atoms with Crippen LogP contribution in [0.4, 0.5) is 11.6 Å². The summed E-state index contributed by atoms with van der Waals surface area (Å²) in [6.07, 6.45) is 5.53. The van der Waals surface area contributed by atoms with Gasteiger partial charge in [0, 0.05) is 18.2 Å². The average molecular weight is 290 g/mol. The third kappa shape index (κ3) is 3.47. The van der Waals surface area contributed by atoms with Gasteiger partial charge in [0.2, 0.25) is 0 Å². The molecule has 1 aromatic rings. The van der Waals surface area contributed by atoms with Gasteiger partial charge in [0.05, 0.1) is 0 Å². The van der Waals surface area contributed by atoms with Crippen LogP contribution in [0.25, 0.3) is 0 Å². The molecule has 1 aliphatic rings. The van der Waals surface area contributed by atoms with Crippen LogP contribution in [-0.4, -0.2) is 22.6 Å².